The van der Waals surface area contributed by atoms with Crippen LogP contribution in [0.3, 0.4) is 0 Å². The van der Waals surface area contributed by atoms with Gasteiger partial charge in [0.05, 0.1) is 23.4 Å². The van der Waals surface area contributed by atoms with Crippen LogP contribution in [0.5, 0.6) is 5.75 Å². The maximum atomic E-state index is 13.2. The van der Waals surface area contributed by atoms with Crippen molar-refractivity contribution in [2.24, 2.45) is 0 Å². The lowest BCUT2D eigenvalue weighted by atomic mass is 10.2. The van der Waals surface area contributed by atoms with Crippen molar-refractivity contribution in [1.82, 2.24) is 4.98 Å². The smallest absolute Gasteiger partial charge is 0.270 e. The molecule has 0 N–H and O–H groups in total. The topological polar surface area (TPSA) is 42.4 Å². The molecule has 0 radical (unpaired) electrons. The van der Waals surface area contributed by atoms with Gasteiger partial charge >= 0.3 is 0 Å². The molecule has 4 rings (SSSR count). The number of nitrogens with zero attached hydrogens (tertiary/aromatic N) is 2. The molecule has 1 amide bonds. The molecule has 0 saturated carbocycles. The van der Waals surface area contributed by atoms with Gasteiger partial charge in [0.25, 0.3) is 5.91 Å². The molecular formula is C20H13FN2O2S3. The Labute approximate surface area is 174 Å². The van der Waals surface area contributed by atoms with Gasteiger partial charge in [-0.15, -0.1) is 11.3 Å². The Kier molecular flexibility index (Phi) is 5.25. The summed E-state index contributed by atoms with van der Waals surface area (Å²) in [5.41, 5.74) is 2.17. The van der Waals surface area contributed by atoms with Crippen molar-refractivity contribution in [1.29, 1.82) is 0 Å². The number of anilines is 1. The van der Waals surface area contributed by atoms with E-state index in [1.807, 2.05) is 29.6 Å². The van der Waals surface area contributed by atoms with E-state index in [-0.39, 0.29) is 11.7 Å². The second kappa shape index (κ2) is 7.83. The summed E-state index contributed by atoms with van der Waals surface area (Å²) < 4.78 is 18.8. The highest BCUT2D eigenvalue weighted by Gasteiger charge is 2.33. The van der Waals surface area contributed by atoms with Gasteiger partial charge in [-0.1, -0.05) is 36.1 Å². The third-order valence-electron chi connectivity index (χ3n) is 4.00. The van der Waals surface area contributed by atoms with Crippen LogP contribution in [0.25, 0.3) is 16.6 Å². The summed E-state index contributed by atoms with van der Waals surface area (Å²) in [6.07, 6.45) is 1.73. The lowest BCUT2D eigenvalue weighted by Crippen LogP contribution is -2.27. The number of ether oxygens (including phenoxy) is 1. The standard InChI is InChI=1S/C20H13FN2O2S3/c1-25-16-4-2-3-12(9-16)18-22-14(11-27-18)10-17-19(24)23(20(26)28-17)15-7-5-13(21)6-8-15/h2-11H,1H3. The molecular weight excluding hydrogens is 415 g/mol. The molecule has 0 aliphatic carbocycles. The van der Waals surface area contributed by atoms with Crippen molar-refractivity contribution in [3.63, 3.8) is 0 Å². The minimum atomic E-state index is -0.364. The molecule has 2 aromatic carbocycles. The Morgan fingerprint density at radius 3 is 2.75 bits per heavy atom. The van der Waals surface area contributed by atoms with Crippen LogP contribution in [-0.4, -0.2) is 22.3 Å². The van der Waals surface area contributed by atoms with E-state index in [0.717, 1.165) is 16.3 Å². The Bertz CT molecular complexity index is 1090. The number of amides is 1. The third kappa shape index (κ3) is 3.71. The second-order valence-electron chi connectivity index (χ2n) is 5.80. The SMILES string of the molecule is COc1cccc(-c2nc(C=C3SC(=S)N(c4ccc(F)cc4)C3=O)cs2)c1. The quantitative estimate of drug-likeness (QED) is 0.413. The number of rotatable bonds is 4. The highest BCUT2D eigenvalue weighted by molar-refractivity contribution is 8.27. The van der Waals surface area contributed by atoms with Gasteiger partial charge in [-0.05, 0) is 42.5 Å². The summed E-state index contributed by atoms with van der Waals surface area (Å²) in [6, 6.07) is 13.3. The maximum Gasteiger partial charge on any atom is 0.270 e. The molecule has 2 heterocycles. The van der Waals surface area contributed by atoms with Crippen LogP contribution >= 0.6 is 35.3 Å². The number of aromatic nitrogens is 1. The zero-order valence-electron chi connectivity index (χ0n) is 14.6. The van der Waals surface area contributed by atoms with E-state index in [0.29, 0.717) is 20.6 Å². The molecule has 1 saturated heterocycles. The van der Waals surface area contributed by atoms with Crippen molar-refractivity contribution in [2.45, 2.75) is 0 Å². The number of thiocarbonyl (C=S) groups is 1. The summed E-state index contributed by atoms with van der Waals surface area (Å²) in [5.74, 6) is 0.157. The van der Waals surface area contributed by atoms with E-state index in [4.69, 9.17) is 17.0 Å². The minimum Gasteiger partial charge on any atom is -0.497 e. The highest BCUT2D eigenvalue weighted by Crippen LogP contribution is 2.36. The average molecular weight is 429 g/mol. The van der Waals surface area contributed by atoms with Crippen LogP contribution in [0, 0.1) is 5.82 Å². The molecule has 140 valence electrons. The molecule has 8 heteroatoms. The predicted molar refractivity (Wildman–Crippen MR) is 116 cm³/mol. The molecule has 1 aliphatic rings. The molecule has 1 aliphatic heterocycles. The van der Waals surface area contributed by atoms with E-state index in [9.17, 15) is 9.18 Å². The number of benzene rings is 2. The van der Waals surface area contributed by atoms with E-state index >= 15 is 0 Å². The van der Waals surface area contributed by atoms with Crippen molar-refractivity contribution in [3.05, 3.63) is 70.3 Å². The predicted octanol–water partition coefficient (Wildman–Crippen LogP) is 5.36. The molecule has 3 aromatic rings. The molecule has 1 aromatic heterocycles. The molecule has 0 unspecified atom stereocenters. The number of carbonyl (C=O) groups is 1. The first-order valence-corrected chi connectivity index (χ1v) is 10.3. The first-order valence-electron chi connectivity index (χ1n) is 8.18. The van der Waals surface area contributed by atoms with Crippen molar-refractivity contribution < 1.29 is 13.9 Å². The zero-order valence-corrected chi connectivity index (χ0v) is 17.0. The number of hydrogen-bond donors (Lipinski definition) is 0. The number of carbonyl (C=O) groups excluding carboxylic acids is 1. The zero-order chi connectivity index (χ0) is 19.7. The summed E-state index contributed by atoms with van der Waals surface area (Å²) in [6.45, 7) is 0. The Morgan fingerprint density at radius 2 is 2.00 bits per heavy atom. The number of thioether (sulfide) groups is 1. The summed E-state index contributed by atoms with van der Waals surface area (Å²) in [7, 11) is 1.62. The van der Waals surface area contributed by atoms with Crippen LogP contribution in [0.4, 0.5) is 10.1 Å². The largest absolute Gasteiger partial charge is 0.497 e. The molecule has 4 nitrogen and oxygen atoms in total. The number of halogens is 1. The summed E-state index contributed by atoms with van der Waals surface area (Å²) in [4.78, 5) is 19.3. The molecule has 0 atom stereocenters. The summed E-state index contributed by atoms with van der Waals surface area (Å²) in [5, 5.41) is 2.72. The maximum absolute atomic E-state index is 13.2. The molecule has 1 fully saturated rings. The fraction of sp³-hybridized carbons (Fsp3) is 0.0500. The fourth-order valence-electron chi connectivity index (χ4n) is 2.66. The number of thiazole rings is 1. The van der Waals surface area contributed by atoms with Gasteiger partial charge in [0.1, 0.15) is 16.6 Å². The highest BCUT2D eigenvalue weighted by atomic mass is 32.2. The summed E-state index contributed by atoms with van der Waals surface area (Å²) >= 11 is 8.03. The van der Waals surface area contributed by atoms with Gasteiger partial charge in [-0.2, -0.15) is 0 Å². The van der Waals surface area contributed by atoms with Gasteiger partial charge in [-0.3, -0.25) is 9.69 Å². The van der Waals surface area contributed by atoms with Gasteiger partial charge in [0.2, 0.25) is 0 Å². The lowest BCUT2D eigenvalue weighted by Gasteiger charge is -2.14. The van der Waals surface area contributed by atoms with Crippen LogP contribution in [0.2, 0.25) is 0 Å². The van der Waals surface area contributed by atoms with Crippen molar-refractivity contribution >= 4 is 57.3 Å². The Hall–Kier alpha value is -2.55. The van der Waals surface area contributed by atoms with Crippen LogP contribution in [0.15, 0.2) is 58.8 Å². The number of hydrogen-bond acceptors (Lipinski definition) is 6. The third-order valence-corrected chi connectivity index (χ3v) is 6.21. The second-order valence-corrected chi connectivity index (χ2v) is 8.34. The molecule has 0 spiro atoms. The van der Waals surface area contributed by atoms with Crippen LogP contribution in [0.1, 0.15) is 5.69 Å². The Balaban J connectivity index is 1.59. The van der Waals surface area contributed by atoms with E-state index < -0.39 is 0 Å². The van der Waals surface area contributed by atoms with E-state index in [2.05, 4.69) is 4.98 Å². The lowest BCUT2D eigenvalue weighted by molar-refractivity contribution is -0.113. The van der Waals surface area contributed by atoms with E-state index in [1.165, 1.54) is 52.3 Å². The van der Waals surface area contributed by atoms with Crippen LogP contribution < -0.4 is 9.64 Å². The monoisotopic (exact) mass is 428 g/mol. The molecule has 28 heavy (non-hydrogen) atoms. The van der Waals surface area contributed by atoms with Crippen LogP contribution in [-0.2, 0) is 4.79 Å². The fourth-order valence-corrected chi connectivity index (χ4v) is 4.71. The number of methoxy groups -OCH3 is 1. The van der Waals surface area contributed by atoms with Crippen molar-refractivity contribution in [2.75, 3.05) is 12.0 Å². The van der Waals surface area contributed by atoms with Gasteiger partial charge in [0.15, 0.2) is 4.32 Å². The first-order chi connectivity index (χ1) is 13.5. The average Bonchev–Trinajstić information content (AvgIpc) is 3.28. The van der Waals surface area contributed by atoms with E-state index in [1.54, 1.807) is 13.2 Å². The van der Waals surface area contributed by atoms with Gasteiger partial charge < -0.3 is 4.74 Å². The first kappa shape index (κ1) is 18.8. The normalized spacial score (nSPS) is 15.5. The van der Waals surface area contributed by atoms with Crippen molar-refractivity contribution in [3.8, 4) is 16.3 Å². The molecule has 0 bridgehead atoms. The van der Waals surface area contributed by atoms with Gasteiger partial charge in [-0.25, -0.2) is 9.37 Å². The Morgan fingerprint density at radius 1 is 1.21 bits per heavy atom. The minimum absolute atomic E-state index is 0.238. The van der Waals surface area contributed by atoms with Gasteiger partial charge in [0, 0.05) is 10.9 Å².